The number of ether oxygens (including phenoxy) is 2. The number of aliphatic hydroxyl groups is 1. The highest BCUT2D eigenvalue weighted by Crippen LogP contribution is 2.42. The van der Waals surface area contributed by atoms with Crippen LogP contribution < -0.4 is 4.74 Å². The molecule has 1 unspecified atom stereocenters. The molecule has 3 aromatic rings. The van der Waals surface area contributed by atoms with Crippen molar-refractivity contribution < 1.29 is 29.0 Å². The lowest BCUT2D eigenvalue weighted by atomic mass is 9.94. The van der Waals surface area contributed by atoms with Crippen LogP contribution in [0, 0.1) is 6.92 Å². The molecule has 0 bridgehead atoms. The number of aliphatic hydroxyl groups excluding tert-OH is 1. The normalized spacial score (nSPS) is 18.9. The Bertz CT molecular complexity index is 1450. The Morgan fingerprint density at radius 2 is 1.73 bits per heavy atom. The van der Waals surface area contributed by atoms with Crippen molar-refractivity contribution >= 4 is 23.5 Å². The number of aryl methyl sites for hydroxylation is 1. The van der Waals surface area contributed by atoms with Crippen molar-refractivity contribution in [3.63, 3.8) is 0 Å². The number of nitrogens with zero attached hydrogens (tertiary/aromatic N) is 3. The summed E-state index contributed by atoms with van der Waals surface area (Å²) in [7, 11) is 0. The molecule has 0 saturated carbocycles. The second-order valence-electron chi connectivity index (χ2n) is 10.2. The van der Waals surface area contributed by atoms with Gasteiger partial charge in [0, 0.05) is 37.1 Å². The number of hydrogen-bond acceptors (Lipinski definition) is 7. The summed E-state index contributed by atoms with van der Waals surface area (Å²) in [6.07, 6.45) is 3.79. The minimum Gasteiger partial charge on any atom is -0.507 e. The molecule has 3 heterocycles. The molecule has 2 aromatic carbocycles. The molecule has 2 saturated heterocycles. The fourth-order valence-electron chi connectivity index (χ4n) is 5.49. The van der Waals surface area contributed by atoms with Crippen LogP contribution in [0.25, 0.3) is 5.76 Å². The predicted molar refractivity (Wildman–Crippen MR) is 152 cm³/mol. The van der Waals surface area contributed by atoms with E-state index in [1.54, 1.807) is 59.4 Å². The van der Waals surface area contributed by atoms with Crippen molar-refractivity contribution in [3.05, 3.63) is 101 Å². The van der Waals surface area contributed by atoms with Gasteiger partial charge in [0.2, 0.25) is 0 Å². The van der Waals surface area contributed by atoms with Gasteiger partial charge in [0.1, 0.15) is 18.1 Å². The average Bonchev–Trinajstić information content (AvgIpc) is 3.27. The van der Waals surface area contributed by atoms with E-state index in [2.05, 4.69) is 4.98 Å². The number of likely N-dealkylation sites (tertiary alicyclic amines) is 2. The Balaban J connectivity index is 1.44. The summed E-state index contributed by atoms with van der Waals surface area (Å²) in [5, 5.41) is 11.5. The van der Waals surface area contributed by atoms with Gasteiger partial charge in [-0.25, -0.2) is 4.79 Å². The molecule has 9 heteroatoms. The minimum atomic E-state index is -0.786. The molecular formula is C32H33N3O6. The maximum absolute atomic E-state index is 13.5. The Morgan fingerprint density at radius 1 is 1.02 bits per heavy atom. The molecule has 2 fully saturated rings. The first-order valence-corrected chi connectivity index (χ1v) is 13.8. The highest BCUT2D eigenvalue weighted by atomic mass is 16.6. The lowest BCUT2D eigenvalue weighted by molar-refractivity contribution is -0.142. The largest absolute Gasteiger partial charge is 0.507 e. The molecule has 1 aromatic heterocycles. The number of amides is 2. The molecule has 2 aliphatic heterocycles. The van der Waals surface area contributed by atoms with Crippen LogP contribution in [0.15, 0.2) is 78.6 Å². The van der Waals surface area contributed by atoms with Gasteiger partial charge in [0.25, 0.3) is 11.7 Å². The topological polar surface area (TPSA) is 109 Å². The SMILES string of the molecule is CCOC(=O)N1CCC(N2C(=O)C(=O)/C(=C(/O)c3ccc(OCc4ccccc4)c(C)c3)C2c2ccncc2)CC1. The van der Waals surface area contributed by atoms with Gasteiger partial charge >= 0.3 is 6.09 Å². The number of hydrogen-bond donors (Lipinski definition) is 1. The van der Waals surface area contributed by atoms with E-state index in [0.717, 1.165) is 11.1 Å². The Hall–Kier alpha value is -4.66. The number of rotatable bonds is 7. The average molecular weight is 556 g/mol. The molecule has 2 aliphatic rings. The third-order valence-electron chi connectivity index (χ3n) is 7.57. The summed E-state index contributed by atoms with van der Waals surface area (Å²) in [4.78, 5) is 46.4. The third-order valence-corrected chi connectivity index (χ3v) is 7.57. The number of pyridine rings is 1. The van der Waals surface area contributed by atoms with E-state index in [4.69, 9.17) is 9.47 Å². The monoisotopic (exact) mass is 555 g/mol. The van der Waals surface area contributed by atoms with Crippen LogP contribution in [0.4, 0.5) is 4.79 Å². The van der Waals surface area contributed by atoms with Gasteiger partial charge in [-0.15, -0.1) is 0 Å². The highest BCUT2D eigenvalue weighted by Gasteiger charge is 2.49. The zero-order chi connectivity index (χ0) is 28.9. The lowest BCUT2D eigenvalue weighted by Crippen LogP contribution is -2.48. The number of Topliss-reactive ketones (excluding diaryl/α,β-unsaturated/α-hetero) is 1. The summed E-state index contributed by atoms with van der Waals surface area (Å²) >= 11 is 0. The van der Waals surface area contributed by atoms with Gasteiger partial charge in [-0.2, -0.15) is 0 Å². The molecule has 2 amide bonds. The zero-order valence-electron chi connectivity index (χ0n) is 23.2. The second-order valence-corrected chi connectivity index (χ2v) is 10.2. The van der Waals surface area contributed by atoms with Gasteiger partial charge in [-0.1, -0.05) is 30.3 Å². The molecule has 1 atom stereocenters. The van der Waals surface area contributed by atoms with E-state index in [1.165, 1.54) is 0 Å². The molecule has 0 aliphatic carbocycles. The summed E-state index contributed by atoms with van der Waals surface area (Å²) in [6.45, 7) is 5.11. The van der Waals surface area contributed by atoms with Gasteiger partial charge in [-0.3, -0.25) is 14.6 Å². The van der Waals surface area contributed by atoms with Gasteiger partial charge in [0.15, 0.2) is 0 Å². The Labute approximate surface area is 239 Å². The molecule has 41 heavy (non-hydrogen) atoms. The van der Waals surface area contributed by atoms with Gasteiger partial charge < -0.3 is 24.4 Å². The van der Waals surface area contributed by atoms with E-state index in [-0.39, 0.29) is 30.1 Å². The van der Waals surface area contributed by atoms with E-state index >= 15 is 0 Å². The number of benzene rings is 2. The first-order valence-electron chi connectivity index (χ1n) is 13.8. The fourth-order valence-corrected chi connectivity index (χ4v) is 5.49. The molecular weight excluding hydrogens is 522 g/mol. The summed E-state index contributed by atoms with van der Waals surface area (Å²) in [5.74, 6) is -0.985. The number of carbonyl (C=O) groups is 3. The van der Waals surface area contributed by atoms with Gasteiger partial charge in [-0.05, 0) is 73.7 Å². The van der Waals surface area contributed by atoms with Crippen molar-refractivity contribution in [2.24, 2.45) is 0 Å². The van der Waals surface area contributed by atoms with E-state index in [1.807, 2.05) is 37.3 Å². The first kappa shape index (κ1) is 27.9. The molecule has 9 nitrogen and oxygen atoms in total. The van der Waals surface area contributed by atoms with Crippen molar-refractivity contribution in [2.45, 2.75) is 45.4 Å². The standard InChI is InChI=1S/C32H33N3O6/c1-3-40-32(39)34-17-13-25(14-18-34)35-28(23-11-15-33-16-12-23)27(30(37)31(35)38)29(36)24-9-10-26(21(2)19-24)41-20-22-7-5-4-6-8-22/h4-12,15-16,19,25,28,36H,3,13-14,17-18,20H2,1-2H3/b29-27+. The fraction of sp³-hybridized carbons (Fsp3) is 0.312. The second kappa shape index (κ2) is 12.2. The number of piperidine rings is 1. The van der Waals surface area contributed by atoms with Crippen LogP contribution in [0.5, 0.6) is 5.75 Å². The Kier molecular flexibility index (Phi) is 8.33. The maximum Gasteiger partial charge on any atom is 0.409 e. The number of ketones is 1. The smallest absolute Gasteiger partial charge is 0.409 e. The number of aromatic nitrogens is 1. The highest BCUT2D eigenvalue weighted by molar-refractivity contribution is 6.46. The van der Waals surface area contributed by atoms with Crippen molar-refractivity contribution in [1.82, 2.24) is 14.8 Å². The summed E-state index contributed by atoms with van der Waals surface area (Å²) < 4.78 is 11.1. The molecule has 0 spiro atoms. The molecule has 212 valence electrons. The van der Waals surface area contributed by atoms with Gasteiger partial charge in [0.05, 0.1) is 18.2 Å². The van der Waals surface area contributed by atoms with E-state index < -0.39 is 17.7 Å². The summed E-state index contributed by atoms with van der Waals surface area (Å²) in [6, 6.07) is 17.4. The van der Waals surface area contributed by atoms with Crippen LogP contribution in [-0.4, -0.2) is 63.4 Å². The summed E-state index contributed by atoms with van der Waals surface area (Å²) in [5.41, 5.74) is 2.94. The minimum absolute atomic E-state index is 0.0337. The van der Waals surface area contributed by atoms with Crippen LogP contribution in [0.1, 0.15) is 48.1 Å². The predicted octanol–water partition coefficient (Wildman–Crippen LogP) is 5.01. The van der Waals surface area contributed by atoms with E-state index in [9.17, 15) is 19.5 Å². The quantitative estimate of drug-likeness (QED) is 0.248. The van der Waals surface area contributed by atoms with Crippen LogP contribution in [0.2, 0.25) is 0 Å². The van der Waals surface area contributed by atoms with Crippen LogP contribution in [0.3, 0.4) is 0 Å². The Morgan fingerprint density at radius 3 is 2.39 bits per heavy atom. The third kappa shape index (κ3) is 5.79. The van der Waals surface area contributed by atoms with Crippen molar-refractivity contribution in [1.29, 1.82) is 0 Å². The molecule has 1 N–H and O–H groups in total. The first-order chi connectivity index (χ1) is 19.9. The number of carbonyl (C=O) groups excluding carboxylic acids is 3. The van der Waals surface area contributed by atoms with Crippen LogP contribution >= 0.6 is 0 Å². The van der Waals surface area contributed by atoms with Crippen molar-refractivity contribution in [3.8, 4) is 5.75 Å². The molecule has 0 radical (unpaired) electrons. The van der Waals surface area contributed by atoms with Crippen LogP contribution in [-0.2, 0) is 20.9 Å². The van der Waals surface area contributed by atoms with Crippen molar-refractivity contribution in [2.75, 3.05) is 19.7 Å². The maximum atomic E-state index is 13.5. The zero-order valence-corrected chi connectivity index (χ0v) is 23.2. The van der Waals surface area contributed by atoms with E-state index in [0.29, 0.717) is 49.4 Å². The molecule has 5 rings (SSSR count). The lowest BCUT2D eigenvalue weighted by Gasteiger charge is -2.38.